The number of ether oxygens (including phenoxy) is 1. The van der Waals surface area contributed by atoms with E-state index >= 15 is 0 Å². The molecule has 0 fully saturated rings. The highest BCUT2D eigenvalue weighted by atomic mass is 16.6. The molecular weight excluding hydrogens is 342 g/mol. The fourth-order valence-electron chi connectivity index (χ4n) is 2.12. The Morgan fingerprint density at radius 2 is 2.04 bits per heavy atom. The normalized spacial score (nSPS) is 12.5. The molecule has 0 amide bonds. The molecule has 0 aliphatic carbocycles. The molecule has 0 saturated carbocycles. The van der Waals surface area contributed by atoms with Crippen LogP contribution in [0.25, 0.3) is 10.8 Å². The van der Waals surface area contributed by atoms with Crippen LogP contribution in [-0.4, -0.2) is 33.1 Å². The summed E-state index contributed by atoms with van der Waals surface area (Å²) in [5.74, 6) is -2.26. The molecule has 9 nitrogen and oxygen atoms in total. The standard InChI is InChI=1S/C17H17N3O6/c1-3-10(2)26-17(23)13(16(21)22)8-18-15-12-7-5-4-6-11(12)14(9-19-15)20(24)25/h4-10H,3H2,1-2H3,(H,18,19)(H,21,22). The maximum Gasteiger partial charge on any atom is 0.347 e. The Labute approximate surface area is 148 Å². The van der Waals surface area contributed by atoms with E-state index in [1.165, 1.54) is 0 Å². The van der Waals surface area contributed by atoms with E-state index < -0.39 is 28.5 Å². The average molecular weight is 359 g/mol. The second kappa shape index (κ2) is 8.06. The first-order valence-corrected chi connectivity index (χ1v) is 7.78. The zero-order chi connectivity index (χ0) is 19.3. The zero-order valence-electron chi connectivity index (χ0n) is 14.1. The van der Waals surface area contributed by atoms with E-state index in [1.54, 1.807) is 38.1 Å². The van der Waals surface area contributed by atoms with E-state index in [0.29, 0.717) is 17.2 Å². The molecule has 1 atom stereocenters. The summed E-state index contributed by atoms with van der Waals surface area (Å²) in [5.41, 5.74) is -0.778. The molecule has 1 heterocycles. The summed E-state index contributed by atoms with van der Waals surface area (Å²) in [6, 6.07) is 6.46. The van der Waals surface area contributed by atoms with E-state index in [2.05, 4.69) is 10.3 Å². The van der Waals surface area contributed by atoms with Gasteiger partial charge in [-0.15, -0.1) is 0 Å². The number of hydrogen-bond donors (Lipinski definition) is 2. The molecule has 0 aliphatic rings. The predicted molar refractivity (Wildman–Crippen MR) is 93.6 cm³/mol. The van der Waals surface area contributed by atoms with Crippen LogP contribution in [0.1, 0.15) is 20.3 Å². The van der Waals surface area contributed by atoms with Crippen LogP contribution in [0, 0.1) is 10.1 Å². The Morgan fingerprint density at radius 3 is 2.62 bits per heavy atom. The quantitative estimate of drug-likeness (QED) is 0.193. The first-order valence-electron chi connectivity index (χ1n) is 7.78. The van der Waals surface area contributed by atoms with Gasteiger partial charge in [-0.05, 0) is 19.4 Å². The van der Waals surface area contributed by atoms with Crippen LogP contribution < -0.4 is 5.32 Å². The van der Waals surface area contributed by atoms with Gasteiger partial charge < -0.3 is 15.2 Å². The van der Waals surface area contributed by atoms with Gasteiger partial charge in [0.15, 0.2) is 5.57 Å². The molecule has 1 aromatic carbocycles. The lowest BCUT2D eigenvalue weighted by Gasteiger charge is -2.11. The van der Waals surface area contributed by atoms with Crippen molar-refractivity contribution in [3.05, 3.63) is 52.3 Å². The van der Waals surface area contributed by atoms with Crippen molar-refractivity contribution in [2.45, 2.75) is 26.4 Å². The third-order valence-electron chi connectivity index (χ3n) is 3.66. The largest absolute Gasteiger partial charge is 0.477 e. The molecule has 9 heteroatoms. The molecule has 136 valence electrons. The van der Waals surface area contributed by atoms with Gasteiger partial charge >= 0.3 is 11.9 Å². The van der Waals surface area contributed by atoms with Crippen molar-refractivity contribution >= 4 is 34.2 Å². The third kappa shape index (κ3) is 4.12. The van der Waals surface area contributed by atoms with E-state index in [0.717, 1.165) is 12.4 Å². The second-order valence-electron chi connectivity index (χ2n) is 5.43. The van der Waals surface area contributed by atoms with E-state index in [1.807, 2.05) is 0 Å². The number of nitrogens with one attached hydrogen (secondary N) is 1. The van der Waals surface area contributed by atoms with Crippen molar-refractivity contribution < 1.29 is 24.4 Å². The van der Waals surface area contributed by atoms with Crippen LogP contribution in [0.2, 0.25) is 0 Å². The number of carboxylic acids is 1. The topological polar surface area (TPSA) is 132 Å². The molecule has 2 aromatic rings. The molecule has 0 aliphatic heterocycles. The van der Waals surface area contributed by atoms with Gasteiger partial charge in [-0.25, -0.2) is 14.6 Å². The third-order valence-corrected chi connectivity index (χ3v) is 3.66. The number of rotatable bonds is 7. The van der Waals surface area contributed by atoms with Crippen LogP contribution in [0.15, 0.2) is 42.2 Å². The van der Waals surface area contributed by atoms with Crippen molar-refractivity contribution in [1.29, 1.82) is 0 Å². The van der Waals surface area contributed by atoms with Crippen LogP contribution in [0.5, 0.6) is 0 Å². The number of carbonyl (C=O) groups is 2. The fourth-order valence-corrected chi connectivity index (χ4v) is 2.12. The van der Waals surface area contributed by atoms with Gasteiger partial charge in [0.05, 0.1) is 16.4 Å². The summed E-state index contributed by atoms with van der Waals surface area (Å²) >= 11 is 0. The lowest BCUT2D eigenvalue weighted by Crippen LogP contribution is -2.21. The minimum Gasteiger partial charge on any atom is -0.477 e. The van der Waals surface area contributed by atoms with Gasteiger partial charge in [-0.2, -0.15) is 0 Å². The van der Waals surface area contributed by atoms with Gasteiger partial charge in [0.25, 0.3) is 5.69 Å². The smallest absolute Gasteiger partial charge is 0.347 e. The maximum atomic E-state index is 12.0. The van der Waals surface area contributed by atoms with Gasteiger partial charge in [0, 0.05) is 11.6 Å². The van der Waals surface area contributed by atoms with Crippen molar-refractivity contribution in [3.63, 3.8) is 0 Å². The summed E-state index contributed by atoms with van der Waals surface area (Å²) < 4.78 is 5.01. The van der Waals surface area contributed by atoms with Gasteiger partial charge in [-0.3, -0.25) is 10.1 Å². The Balaban J connectivity index is 2.39. The second-order valence-corrected chi connectivity index (χ2v) is 5.43. The maximum absolute atomic E-state index is 12.0. The van der Waals surface area contributed by atoms with Crippen LogP contribution >= 0.6 is 0 Å². The number of carboxylic acid groups (broad SMARTS) is 1. The first kappa shape index (κ1) is 18.8. The van der Waals surface area contributed by atoms with Crippen molar-refractivity contribution in [2.75, 3.05) is 5.32 Å². The Bertz CT molecular complexity index is 893. The summed E-state index contributed by atoms with van der Waals surface area (Å²) in [6.07, 6.45) is 2.15. The lowest BCUT2D eigenvalue weighted by molar-refractivity contribution is -0.383. The summed E-state index contributed by atoms with van der Waals surface area (Å²) in [7, 11) is 0. The Morgan fingerprint density at radius 1 is 1.38 bits per heavy atom. The molecular formula is C17H17N3O6. The number of esters is 1. The van der Waals surface area contributed by atoms with Crippen molar-refractivity contribution in [1.82, 2.24) is 4.98 Å². The Hall–Kier alpha value is -3.49. The predicted octanol–water partition coefficient (Wildman–Crippen LogP) is 2.87. The zero-order valence-corrected chi connectivity index (χ0v) is 14.1. The molecule has 1 unspecified atom stereocenters. The van der Waals surface area contributed by atoms with Crippen LogP contribution in [0.4, 0.5) is 11.5 Å². The summed E-state index contributed by atoms with van der Waals surface area (Å²) in [4.78, 5) is 37.8. The number of nitrogens with zero attached hydrogens (tertiary/aromatic N) is 2. The van der Waals surface area contributed by atoms with Gasteiger partial charge in [0.2, 0.25) is 0 Å². The molecule has 26 heavy (non-hydrogen) atoms. The van der Waals surface area contributed by atoms with Gasteiger partial charge in [-0.1, -0.05) is 25.1 Å². The SMILES string of the molecule is CCC(C)OC(=O)C(=CNc1ncc([N+](=O)[O-])c2ccccc12)C(=O)O. The highest BCUT2D eigenvalue weighted by molar-refractivity contribution is 6.13. The minimum atomic E-state index is -1.46. The van der Waals surface area contributed by atoms with E-state index in [4.69, 9.17) is 4.74 Å². The number of anilines is 1. The highest BCUT2D eigenvalue weighted by Gasteiger charge is 2.21. The lowest BCUT2D eigenvalue weighted by atomic mass is 10.1. The molecule has 0 spiro atoms. The number of pyridine rings is 1. The molecule has 2 rings (SSSR count). The number of fused-ring (bicyclic) bond motifs is 1. The molecule has 0 saturated heterocycles. The molecule has 0 radical (unpaired) electrons. The monoisotopic (exact) mass is 359 g/mol. The average Bonchev–Trinajstić information content (AvgIpc) is 2.61. The molecule has 0 bridgehead atoms. The number of hydrogen-bond acceptors (Lipinski definition) is 7. The number of carbonyl (C=O) groups excluding carboxylic acids is 1. The van der Waals surface area contributed by atoms with Crippen molar-refractivity contribution in [3.8, 4) is 0 Å². The van der Waals surface area contributed by atoms with Crippen LogP contribution in [0.3, 0.4) is 0 Å². The number of benzene rings is 1. The van der Waals surface area contributed by atoms with E-state index in [9.17, 15) is 24.8 Å². The van der Waals surface area contributed by atoms with Crippen LogP contribution in [-0.2, 0) is 14.3 Å². The number of nitro groups is 1. The number of aromatic nitrogens is 1. The van der Waals surface area contributed by atoms with Gasteiger partial charge in [0.1, 0.15) is 12.0 Å². The Kier molecular flexibility index (Phi) is 5.84. The highest BCUT2D eigenvalue weighted by Crippen LogP contribution is 2.29. The fraction of sp³-hybridized carbons (Fsp3) is 0.235. The van der Waals surface area contributed by atoms with Crippen molar-refractivity contribution in [2.24, 2.45) is 0 Å². The number of aliphatic carboxylic acids is 1. The summed E-state index contributed by atoms with van der Waals surface area (Å²) in [5, 5.41) is 23.7. The molecule has 1 aromatic heterocycles. The summed E-state index contributed by atoms with van der Waals surface area (Å²) in [6.45, 7) is 3.45. The minimum absolute atomic E-state index is 0.176. The first-order chi connectivity index (χ1) is 12.3. The molecule has 2 N–H and O–H groups in total. The van der Waals surface area contributed by atoms with E-state index in [-0.39, 0.29) is 11.5 Å².